The zero-order chi connectivity index (χ0) is 15.4. The van der Waals surface area contributed by atoms with E-state index in [0.29, 0.717) is 13.0 Å². The molecule has 2 amide bonds. The second-order valence-electron chi connectivity index (χ2n) is 6.09. The highest BCUT2D eigenvalue weighted by atomic mass is 16.4. The van der Waals surface area contributed by atoms with Crippen LogP contribution < -0.4 is 5.32 Å². The van der Waals surface area contributed by atoms with Crippen molar-refractivity contribution in [3.05, 3.63) is 0 Å². The molecular weight excluding hydrogens is 272 g/mol. The maximum atomic E-state index is 12.4. The highest BCUT2D eigenvalue weighted by molar-refractivity contribution is 5.90. The number of nitrogens with zero attached hydrogens (tertiary/aromatic N) is 1. The molecule has 1 aliphatic heterocycles. The van der Waals surface area contributed by atoms with Crippen molar-refractivity contribution in [2.24, 2.45) is 5.92 Å². The molecule has 1 saturated carbocycles. The standard InChI is InChI=1S/C15H24N2O4/c1-10(16-13(18)11-6-2-3-7-11)14(19)17-9-5-4-8-12(17)15(20)21/h10-12H,2-9H2,1H3,(H,16,18)(H,20,21). The number of piperidine rings is 1. The Morgan fingerprint density at radius 3 is 2.33 bits per heavy atom. The van der Waals surface area contributed by atoms with E-state index in [0.717, 1.165) is 38.5 Å². The number of carbonyl (C=O) groups is 3. The Morgan fingerprint density at radius 2 is 1.71 bits per heavy atom. The highest BCUT2D eigenvalue weighted by Crippen LogP contribution is 2.25. The average Bonchev–Trinajstić information content (AvgIpc) is 3.00. The van der Waals surface area contributed by atoms with Gasteiger partial charge in [-0.05, 0) is 39.0 Å². The van der Waals surface area contributed by atoms with Crippen molar-refractivity contribution in [3.8, 4) is 0 Å². The minimum Gasteiger partial charge on any atom is -0.480 e. The first-order valence-corrected chi connectivity index (χ1v) is 7.84. The number of aliphatic carboxylic acids is 1. The Labute approximate surface area is 124 Å². The third kappa shape index (κ3) is 3.74. The fourth-order valence-electron chi connectivity index (χ4n) is 3.28. The molecule has 1 heterocycles. The minimum absolute atomic E-state index is 0.0110. The van der Waals surface area contributed by atoms with E-state index in [2.05, 4.69) is 5.32 Å². The van der Waals surface area contributed by atoms with E-state index >= 15 is 0 Å². The van der Waals surface area contributed by atoms with Crippen molar-refractivity contribution >= 4 is 17.8 Å². The Hall–Kier alpha value is -1.59. The van der Waals surface area contributed by atoms with E-state index in [4.69, 9.17) is 0 Å². The summed E-state index contributed by atoms with van der Waals surface area (Å²) in [7, 11) is 0. The van der Waals surface area contributed by atoms with Crippen molar-refractivity contribution in [3.63, 3.8) is 0 Å². The van der Waals surface area contributed by atoms with E-state index in [1.165, 1.54) is 4.90 Å². The molecule has 118 valence electrons. The largest absolute Gasteiger partial charge is 0.480 e. The molecule has 0 spiro atoms. The van der Waals surface area contributed by atoms with Crippen LogP contribution in [0.25, 0.3) is 0 Å². The van der Waals surface area contributed by atoms with Gasteiger partial charge in [0.1, 0.15) is 12.1 Å². The van der Waals surface area contributed by atoms with Crippen LogP contribution in [0.1, 0.15) is 51.9 Å². The summed E-state index contributed by atoms with van der Waals surface area (Å²) in [6, 6.07) is -1.41. The van der Waals surface area contributed by atoms with Crippen LogP contribution in [0.3, 0.4) is 0 Å². The lowest BCUT2D eigenvalue weighted by molar-refractivity contribution is -0.153. The number of likely N-dealkylation sites (tertiary alicyclic amines) is 1. The van der Waals surface area contributed by atoms with E-state index in [1.54, 1.807) is 6.92 Å². The lowest BCUT2D eigenvalue weighted by Crippen LogP contribution is -2.55. The van der Waals surface area contributed by atoms with E-state index in [9.17, 15) is 19.5 Å². The quantitative estimate of drug-likeness (QED) is 0.814. The molecule has 1 saturated heterocycles. The number of carboxylic acid groups (broad SMARTS) is 1. The van der Waals surface area contributed by atoms with Gasteiger partial charge in [-0.3, -0.25) is 9.59 Å². The molecule has 2 atom stereocenters. The van der Waals surface area contributed by atoms with Gasteiger partial charge in [0, 0.05) is 12.5 Å². The molecule has 0 radical (unpaired) electrons. The van der Waals surface area contributed by atoms with E-state index in [-0.39, 0.29) is 17.7 Å². The number of rotatable bonds is 4. The van der Waals surface area contributed by atoms with Crippen LogP contribution in [-0.4, -0.2) is 46.4 Å². The minimum atomic E-state index is -0.961. The molecule has 6 heteroatoms. The van der Waals surface area contributed by atoms with E-state index < -0.39 is 18.1 Å². The Bertz CT molecular complexity index is 418. The normalized spacial score (nSPS) is 24.6. The van der Waals surface area contributed by atoms with Gasteiger partial charge in [0.05, 0.1) is 0 Å². The predicted molar refractivity (Wildman–Crippen MR) is 76.6 cm³/mol. The SMILES string of the molecule is CC(NC(=O)C1CCCC1)C(=O)N1CCCCC1C(=O)O. The number of carbonyl (C=O) groups excluding carboxylic acids is 2. The Morgan fingerprint density at radius 1 is 1.10 bits per heavy atom. The maximum Gasteiger partial charge on any atom is 0.326 e. The molecule has 0 aromatic rings. The van der Waals surface area contributed by atoms with Crippen LogP contribution in [0.5, 0.6) is 0 Å². The number of amides is 2. The van der Waals surface area contributed by atoms with E-state index in [1.807, 2.05) is 0 Å². The summed E-state index contributed by atoms with van der Waals surface area (Å²) in [4.78, 5) is 37.1. The Kier molecular flexibility index (Phi) is 5.20. The monoisotopic (exact) mass is 296 g/mol. The summed E-state index contributed by atoms with van der Waals surface area (Å²) in [6.45, 7) is 2.10. The predicted octanol–water partition coefficient (Wildman–Crippen LogP) is 1.15. The van der Waals surface area contributed by atoms with Crippen LogP contribution >= 0.6 is 0 Å². The summed E-state index contributed by atoms with van der Waals surface area (Å²) >= 11 is 0. The van der Waals surface area contributed by atoms with Crippen molar-refractivity contribution in [2.75, 3.05) is 6.54 Å². The number of carboxylic acids is 1. The molecule has 2 unspecified atom stereocenters. The summed E-state index contributed by atoms with van der Waals surface area (Å²) in [5.41, 5.74) is 0. The Balaban J connectivity index is 1.93. The maximum absolute atomic E-state index is 12.4. The van der Waals surface area contributed by atoms with Crippen LogP contribution in [-0.2, 0) is 14.4 Å². The van der Waals surface area contributed by atoms with Crippen molar-refractivity contribution in [2.45, 2.75) is 64.0 Å². The summed E-state index contributed by atoms with van der Waals surface area (Å²) in [6.07, 6.45) is 6.02. The topological polar surface area (TPSA) is 86.7 Å². The molecule has 0 bridgehead atoms. The molecule has 1 aliphatic carbocycles. The summed E-state index contributed by atoms with van der Waals surface area (Å²) in [5.74, 6) is -1.31. The van der Waals surface area contributed by atoms with Gasteiger partial charge in [-0.15, -0.1) is 0 Å². The first kappa shape index (κ1) is 15.8. The number of hydrogen-bond donors (Lipinski definition) is 2. The molecule has 2 aliphatic rings. The molecule has 2 fully saturated rings. The highest BCUT2D eigenvalue weighted by Gasteiger charge is 2.35. The molecule has 0 aromatic carbocycles. The van der Waals surface area contributed by atoms with Gasteiger partial charge in [0.2, 0.25) is 11.8 Å². The molecule has 2 rings (SSSR count). The number of hydrogen-bond acceptors (Lipinski definition) is 3. The van der Waals surface area contributed by atoms with Crippen LogP contribution in [0.15, 0.2) is 0 Å². The van der Waals surface area contributed by atoms with Gasteiger partial charge in [-0.25, -0.2) is 4.79 Å². The second kappa shape index (κ2) is 6.91. The van der Waals surface area contributed by atoms with Gasteiger partial charge >= 0.3 is 5.97 Å². The smallest absolute Gasteiger partial charge is 0.326 e. The molecule has 0 aromatic heterocycles. The first-order valence-electron chi connectivity index (χ1n) is 7.84. The molecule has 21 heavy (non-hydrogen) atoms. The van der Waals surface area contributed by atoms with Crippen LogP contribution in [0.2, 0.25) is 0 Å². The van der Waals surface area contributed by atoms with Gasteiger partial charge in [-0.2, -0.15) is 0 Å². The zero-order valence-electron chi connectivity index (χ0n) is 12.5. The third-order valence-corrected chi connectivity index (χ3v) is 4.53. The fourth-order valence-corrected chi connectivity index (χ4v) is 3.28. The van der Waals surface area contributed by atoms with Gasteiger partial charge < -0.3 is 15.3 Å². The lowest BCUT2D eigenvalue weighted by Gasteiger charge is -2.35. The molecule has 6 nitrogen and oxygen atoms in total. The van der Waals surface area contributed by atoms with Gasteiger partial charge in [0.25, 0.3) is 0 Å². The van der Waals surface area contributed by atoms with Crippen molar-refractivity contribution in [1.82, 2.24) is 10.2 Å². The van der Waals surface area contributed by atoms with Crippen LogP contribution in [0, 0.1) is 5.92 Å². The van der Waals surface area contributed by atoms with Gasteiger partial charge in [0.15, 0.2) is 0 Å². The second-order valence-corrected chi connectivity index (χ2v) is 6.09. The first-order chi connectivity index (χ1) is 10.0. The van der Waals surface area contributed by atoms with Crippen LogP contribution in [0.4, 0.5) is 0 Å². The average molecular weight is 296 g/mol. The lowest BCUT2D eigenvalue weighted by atomic mass is 10.0. The van der Waals surface area contributed by atoms with Crippen molar-refractivity contribution in [1.29, 1.82) is 0 Å². The number of nitrogens with one attached hydrogen (secondary N) is 1. The summed E-state index contributed by atoms with van der Waals surface area (Å²) in [5, 5.41) is 12.0. The third-order valence-electron chi connectivity index (χ3n) is 4.53. The zero-order valence-corrected chi connectivity index (χ0v) is 12.5. The summed E-state index contributed by atoms with van der Waals surface area (Å²) < 4.78 is 0. The van der Waals surface area contributed by atoms with Gasteiger partial charge in [-0.1, -0.05) is 12.8 Å². The van der Waals surface area contributed by atoms with Crippen molar-refractivity contribution < 1.29 is 19.5 Å². The molecular formula is C15H24N2O4. The fraction of sp³-hybridized carbons (Fsp3) is 0.800. The molecule has 2 N–H and O–H groups in total.